The molecule has 1 amide bonds. The Hall–Kier alpha value is -3.02. The molecule has 0 saturated carbocycles. The number of rotatable bonds is 10. The molecule has 1 saturated heterocycles. The van der Waals surface area contributed by atoms with E-state index in [0.717, 1.165) is 62.5 Å². The molecule has 1 fully saturated rings. The molecule has 4 rings (SSSR count). The molecular weight excluding hydrogens is 518 g/mol. The Balaban J connectivity index is 1.25. The molecule has 1 atom stereocenters. The number of pyridine rings is 1. The summed E-state index contributed by atoms with van der Waals surface area (Å²) in [7, 11) is -4.10. The maximum absolute atomic E-state index is 13.0. The molecule has 2 aromatic rings. The Morgan fingerprint density at radius 3 is 2.51 bits per heavy atom. The van der Waals surface area contributed by atoms with Crippen LogP contribution in [0, 0.1) is 26.7 Å². The zero-order valence-electron chi connectivity index (χ0n) is 22.9. The van der Waals surface area contributed by atoms with Gasteiger partial charge in [0.2, 0.25) is 15.9 Å². The molecule has 2 aliphatic rings. The number of amides is 1. The molecule has 4 N–H and O–H groups in total. The normalized spacial score (nSPS) is 17.2. The zero-order valence-corrected chi connectivity index (χ0v) is 23.7. The van der Waals surface area contributed by atoms with Crippen LogP contribution in [0.25, 0.3) is 0 Å². The van der Waals surface area contributed by atoms with Crippen LogP contribution in [-0.2, 0) is 32.5 Å². The van der Waals surface area contributed by atoms with Gasteiger partial charge in [-0.3, -0.25) is 9.59 Å². The lowest BCUT2D eigenvalue weighted by atomic mass is 9.95. The first-order valence-corrected chi connectivity index (χ1v) is 15.1. The molecule has 1 aromatic carbocycles. The fraction of sp³-hybridized carbons (Fsp3) is 0.536. The number of hydrogen-bond donors (Lipinski definition) is 4. The zero-order chi connectivity index (χ0) is 28.2. The first-order valence-electron chi connectivity index (χ1n) is 13.6. The predicted molar refractivity (Wildman–Crippen MR) is 149 cm³/mol. The molecule has 11 heteroatoms. The van der Waals surface area contributed by atoms with E-state index in [1.807, 2.05) is 6.92 Å². The van der Waals surface area contributed by atoms with E-state index in [9.17, 15) is 23.1 Å². The maximum Gasteiger partial charge on any atom is 0.323 e. The summed E-state index contributed by atoms with van der Waals surface area (Å²) in [5, 5.41) is 15.7. The number of carbonyl (C=O) groups excluding carboxylic acids is 1. The summed E-state index contributed by atoms with van der Waals surface area (Å²) in [5.74, 6) is -0.826. The number of carbonyl (C=O) groups is 2. The van der Waals surface area contributed by atoms with Crippen molar-refractivity contribution in [1.82, 2.24) is 19.9 Å². The van der Waals surface area contributed by atoms with Crippen LogP contribution in [0.4, 0.5) is 5.82 Å². The van der Waals surface area contributed by atoms with Crippen molar-refractivity contribution >= 4 is 27.7 Å². The lowest BCUT2D eigenvalue weighted by molar-refractivity contribution is -0.139. The fourth-order valence-corrected chi connectivity index (χ4v) is 7.20. The van der Waals surface area contributed by atoms with Gasteiger partial charge in [0.15, 0.2) is 0 Å². The smallest absolute Gasteiger partial charge is 0.323 e. The van der Waals surface area contributed by atoms with Gasteiger partial charge in [0.25, 0.3) is 0 Å². The third kappa shape index (κ3) is 7.34. The Morgan fingerprint density at radius 2 is 1.85 bits per heavy atom. The van der Waals surface area contributed by atoms with Crippen molar-refractivity contribution in [1.29, 1.82) is 0 Å². The monoisotopic (exact) mass is 557 g/mol. The molecular formula is C28H39N5O5S. The van der Waals surface area contributed by atoms with E-state index in [2.05, 4.69) is 32.4 Å². The Kier molecular flexibility index (Phi) is 9.24. The van der Waals surface area contributed by atoms with Crippen LogP contribution in [0.2, 0.25) is 0 Å². The van der Waals surface area contributed by atoms with Crippen molar-refractivity contribution in [2.24, 2.45) is 5.92 Å². The average molecular weight is 558 g/mol. The number of benzene rings is 1. The van der Waals surface area contributed by atoms with Gasteiger partial charge in [-0.25, -0.2) is 13.4 Å². The molecule has 212 valence electrons. The average Bonchev–Trinajstić information content (AvgIpc) is 2.89. The van der Waals surface area contributed by atoms with Gasteiger partial charge in [0.05, 0.1) is 4.90 Å². The Bertz CT molecular complexity index is 1300. The van der Waals surface area contributed by atoms with Crippen LogP contribution in [0.3, 0.4) is 0 Å². The molecule has 0 bridgehead atoms. The Morgan fingerprint density at radius 1 is 1.15 bits per heavy atom. The molecule has 2 aliphatic heterocycles. The van der Waals surface area contributed by atoms with Crippen molar-refractivity contribution in [2.45, 2.75) is 63.8 Å². The lowest BCUT2D eigenvalue weighted by Crippen LogP contribution is -2.50. The van der Waals surface area contributed by atoms with Crippen LogP contribution in [0.15, 0.2) is 29.2 Å². The summed E-state index contributed by atoms with van der Waals surface area (Å²) in [5.41, 5.74) is 4.33. The molecule has 1 aromatic heterocycles. The van der Waals surface area contributed by atoms with E-state index in [-0.39, 0.29) is 23.3 Å². The minimum absolute atomic E-state index is 0.0694. The van der Waals surface area contributed by atoms with Crippen molar-refractivity contribution in [3.63, 3.8) is 0 Å². The molecule has 0 spiro atoms. The highest BCUT2D eigenvalue weighted by Gasteiger charge is 2.30. The van der Waals surface area contributed by atoms with Crippen molar-refractivity contribution < 1.29 is 23.1 Å². The summed E-state index contributed by atoms with van der Waals surface area (Å²) < 4.78 is 28.3. The molecule has 0 unspecified atom stereocenters. The van der Waals surface area contributed by atoms with Gasteiger partial charge in [-0.2, -0.15) is 4.72 Å². The maximum atomic E-state index is 13.0. The lowest BCUT2D eigenvalue weighted by Gasteiger charge is -2.31. The first-order chi connectivity index (χ1) is 18.5. The van der Waals surface area contributed by atoms with Crippen LogP contribution < -0.4 is 15.4 Å². The number of fused-ring (bicyclic) bond motifs is 1. The summed E-state index contributed by atoms with van der Waals surface area (Å²) in [4.78, 5) is 31.8. The second-order valence-electron chi connectivity index (χ2n) is 10.7. The van der Waals surface area contributed by atoms with Crippen molar-refractivity contribution in [3.8, 4) is 0 Å². The number of aliphatic carboxylic acids is 1. The van der Waals surface area contributed by atoms with Gasteiger partial charge in [-0.1, -0.05) is 23.8 Å². The number of nitrogens with zero attached hydrogens (tertiary/aromatic N) is 2. The third-order valence-corrected chi connectivity index (χ3v) is 9.32. The van der Waals surface area contributed by atoms with Crippen LogP contribution >= 0.6 is 0 Å². The van der Waals surface area contributed by atoms with E-state index >= 15 is 0 Å². The minimum atomic E-state index is -4.10. The van der Waals surface area contributed by atoms with Crippen LogP contribution in [0.5, 0.6) is 0 Å². The van der Waals surface area contributed by atoms with Gasteiger partial charge in [0, 0.05) is 37.7 Å². The highest BCUT2D eigenvalue weighted by atomic mass is 32.2. The minimum Gasteiger partial charge on any atom is -0.480 e. The number of nitrogens with one attached hydrogen (secondary N) is 3. The quantitative estimate of drug-likeness (QED) is 0.348. The molecule has 3 heterocycles. The fourth-order valence-electron chi connectivity index (χ4n) is 5.56. The largest absolute Gasteiger partial charge is 0.480 e. The number of piperidine rings is 1. The highest BCUT2D eigenvalue weighted by molar-refractivity contribution is 7.89. The summed E-state index contributed by atoms with van der Waals surface area (Å²) >= 11 is 0. The van der Waals surface area contributed by atoms with Gasteiger partial charge in [-0.05, 0) is 82.3 Å². The van der Waals surface area contributed by atoms with Crippen LogP contribution in [0.1, 0.15) is 47.2 Å². The SMILES string of the molecule is Cc1cc(C)c(S(=O)(=O)N[C@@H](CNC(=O)C2CCN(CCc3ccc4c(n3)NCCC4)CC2)C(=O)O)c(C)c1. The van der Waals surface area contributed by atoms with Crippen LogP contribution in [-0.4, -0.2) is 74.1 Å². The van der Waals surface area contributed by atoms with E-state index in [4.69, 9.17) is 4.98 Å². The predicted octanol–water partition coefficient (Wildman–Crippen LogP) is 2.17. The number of carboxylic acids is 1. The molecule has 39 heavy (non-hydrogen) atoms. The molecule has 10 nitrogen and oxygen atoms in total. The third-order valence-electron chi connectivity index (χ3n) is 7.54. The topological polar surface area (TPSA) is 141 Å². The van der Waals surface area contributed by atoms with Gasteiger partial charge in [-0.15, -0.1) is 0 Å². The number of aryl methyl sites for hydroxylation is 4. The van der Waals surface area contributed by atoms with Gasteiger partial charge in [0.1, 0.15) is 11.9 Å². The summed E-state index contributed by atoms with van der Waals surface area (Å²) in [6, 6.07) is 6.27. The van der Waals surface area contributed by atoms with Gasteiger partial charge < -0.3 is 20.6 Å². The number of sulfonamides is 1. The first kappa shape index (κ1) is 29.0. The standard InChI is InChI=1S/C28H39N5O5S/c1-18-15-19(2)25(20(3)16-18)39(37,38)32-24(28(35)36)17-30-27(34)22-8-12-33(13-9-22)14-10-23-7-6-21-5-4-11-29-26(21)31-23/h6-7,15-16,22,24,32H,4-5,8-14,17H2,1-3H3,(H,29,31)(H,30,34)(H,35,36)/t24-/m0/s1. The Labute approximate surface area is 230 Å². The second kappa shape index (κ2) is 12.4. The number of hydrogen-bond acceptors (Lipinski definition) is 7. The van der Waals surface area contributed by atoms with Crippen molar-refractivity contribution in [2.75, 3.05) is 38.0 Å². The van der Waals surface area contributed by atoms with Gasteiger partial charge >= 0.3 is 5.97 Å². The summed E-state index contributed by atoms with van der Waals surface area (Å²) in [6.07, 6.45) is 4.37. The summed E-state index contributed by atoms with van der Waals surface area (Å²) in [6.45, 7) is 8.26. The van der Waals surface area contributed by atoms with E-state index in [1.54, 1.807) is 26.0 Å². The number of carboxylic acid groups (broad SMARTS) is 1. The van der Waals surface area contributed by atoms with Crippen molar-refractivity contribution in [3.05, 3.63) is 52.2 Å². The molecule has 0 radical (unpaired) electrons. The number of likely N-dealkylation sites (tertiary alicyclic amines) is 1. The van der Waals surface area contributed by atoms with E-state index < -0.39 is 22.0 Å². The number of anilines is 1. The number of aromatic nitrogens is 1. The van der Waals surface area contributed by atoms with E-state index in [1.165, 1.54) is 5.56 Å². The second-order valence-corrected chi connectivity index (χ2v) is 12.3. The van der Waals surface area contributed by atoms with E-state index in [0.29, 0.717) is 24.0 Å². The molecule has 0 aliphatic carbocycles. The highest BCUT2D eigenvalue weighted by Crippen LogP contribution is 2.23.